The van der Waals surface area contributed by atoms with E-state index in [4.69, 9.17) is 0 Å². The van der Waals surface area contributed by atoms with E-state index in [2.05, 4.69) is 4.99 Å². The second-order valence-corrected chi connectivity index (χ2v) is 7.83. The number of nitrogens with zero attached hydrogens (tertiary/aromatic N) is 3. The molecule has 2 amide bonds. The standard InChI is InChI=1S/C18H20F3N3OS/c1-11-4-5-12(2)24(11)16(25)22-17-23(10-13(3)26-17)15-8-6-14(7-9-15)18(19,20)21/h6-12H,4-5H2,1-3H3/b22-17-. The van der Waals surface area contributed by atoms with Gasteiger partial charge in [0.1, 0.15) is 0 Å². The molecule has 2 unspecified atom stereocenters. The normalized spacial score (nSPS) is 21.5. The SMILES string of the molecule is Cc1cn(-c2ccc(C(F)(F)F)cc2)/c(=N/C(=O)N2C(C)CCC2C)s1. The molecule has 1 aliphatic rings. The third-order valence-corrected chi connectivity index (χ3v) is 5.50. The lowest BCUT2D eigenvalue weighted by Crippen LogP contribution is -2.37. The summed E-state index contributed by atoms with van der Waals surface area (Å²) in [6, 6.07) is 4.82. The number of rotatable bonds is 1. The number of urea groups is 1. The number of benzene rings is 1. The first-order valence-electron chi connectivity index (χ1n) is 8.40. The predicted octanol–water partition coefficient (Wildman–Crippen LogP) is 4.76. The molecule has 1 saturated heterocycles. The Balaban J connectivity index is 1.97. The monoisotopic (exact) mass is 383 g/mol. The maximum atomic E-state index is 12.8. The largest absolute Gasteiger partial charge is 0.416 e. The first-order valence-corrected chi connectivity index (χ1v) is 9.22. The molecule has 1 aromatic heterocycles. The first kappa shape index (κ1) is 18.7. The smallest absolute Gasteiger partial charge is 0.317 e. The molecule has 0 aliphatic carbocycles. The van der Waals surface area contributed by atoms with Crippen molar-refractivity contribution in [2.75, 3.05) is 0 Å². The predicted molar refractivity (Wildman–Crippen MR) is 94.3 cm³/mol. The first-order chi connectivity index (χ1) is 12.2. The molecule has 4 nitrogen and oxygen atoms in total. The molecular weight excluding hydrogens is 363 g/mol. The minimum Gasteiger partial charge on any atom is -0.317 e. The van der Waals surface area contributed by atoms with Crippen molar-refractivity contribution in [2.24, 2.45) is 4.99 Å². The second-order valence-electron chi connectivity index (χ2n) is 6.62. The summed E-state index contributed by atoms with van der Waals surface area (Å²) >= 11 is 1.34. The lowest BCUT2D eigenvalue weighted by Gasteiger charge is -2.23. The third kappa shape index (κ3) is 3.70. The molecule has 1 fully saturated rings. The van der Waals surface area contributed by atoms with Crippen molar-refractivity contribution in [1.29, 1.82) is 0 Å². The molecular formula is C18H20F3N3OS. The molecule has 2 atom stereocenters. The summed E-state index contributed by atoms with van der Waals surface area (Å²) in [6.45, 7) is 5.87. The fraction of sp³-hybridized carbons (Fsp3) is 0.444. The van der Waals surface area contributed by atoms with E-state index in [0.717, 1.165) is 29.9 Å². The zero-order valence-electron chi connectivity index (χ0n) is 14.7. The van der Waals surface area contributed by atoms with Crippen molar-refractivity contribution < 1.29 is 18.0 Å². The van der Waals surface area contributed by atoms with Crippen LogP contribution in [0.4, 0.5) is 18.0 Å². The highest BCUT2D eigenvalue weighted by atomic mass is 32.1. The summed E-state index contributed by atoms with van der Waals surface area (Å²) in [7, 11) is 0. The molecule has 8 heteroatoms. The summed E-state index contributed by atoms with van der Waals surface area (Å²) in [5.74, 6) is 0. The Kier molecular flexibility index (Phi) is 4.96. The topological polar surface area (TPSA) is 37.6 Å². The molecule has 0 radical (unpaired) electrons. The van der Waals surface area contributed by atoms with Crippen LogP contribution < -0.4 is 4.80 Å². The number of carbonyl (C=O) groups is 1. The molecule has 2 heterocycles. The maximum absolute atomic E-state index is 12.8. The minimum absolute atomic E-state index is 0.141. The van der Waals surface area contributed by atoms with Crippen LogP contribution in [0.25, 0.3) is 5.69 Å². The number of hydrogen-bond acceptors (Lipinski definition) is 2. The second kappa shape index (κ2) is 6.90. The van der Waals surface area contributed by atoms with Gasteiger partial charge in [-0.15, -0.1) is 11.3 Å². The Morgan fingerprint density at radius 2 is 1.73 bits per heavy atom. The van der Waals surface area contributed by atoms with Crippen molar-refractivity contribution in [1.82, 2.24) is 9.47 Å². The number of amides is 2. The maximum Gasteiger partial charge on any atom is 0.416 e. The van der Waals surface area contributed by atoms with Gasteiger partial charge in [-0.2, -0.15) is 18.2 Å². The van der Waals surface area contributed by atoms with Crippen molar-refractivity contribution in [2.45, 2.75) is 51.9 Å². The van der Waals surface area contributed by atoms with Crippen molar-refractivity contribution >= 4 is 17.4 Å². The third-order valence-electron chi connectivity index (χ3n) is 4.61. The van der Waals surface area contributed by atoms with Gasteiger partial charge in [0.15, 0.2) is 4.80 Å². The summed E-state index contributed by atoms with van der Waals surface area (Å²) < 4.78 is 39.9. The molecule has 3 rings (SSSR count). The zero-order valence-corrected chi connectivity index (χ0v) is 15.6. The summed E-state index contributed by atoms with van der Waals surface area (Å²) in [5.41, 5.74) is -0.167. The highest BCUT2D eigenvalue weighted by molar-refractivity contribution is 7.09. The molecule has 0 saturated carbocycles. The fourth-order valence-corrected chi connectivity index (χ4v) is 4.07. The van der Waals surface area contributed by atoms with E-state index >= 15 is 0 Å². The summed E-state index contributed by atoms with van der Waals surface area (Å²) in [6.07, 6.45) is -0.704. The van der Waals surface area contributed by atoms with Crippen LogP contribution in [0.15, 0.2) is 35.5 Å². The Labute approximate surface area is 153 Å². The van der Waals surface area contributed by atoms with Gasteiger partial charge in [-0.25, -0.2) is 4.79 Å². The van der Waals surface area contributed by atoms with Gasteiger partial charge in [-0.3, -0.25) is 4.57 Å². The van der Waals surface area contributed by atoms with Crippen LogP contribution in [-0.2, 0) is 6.18 Å². The Bertz CT molecular complexity index is 857. The average molecular weight is 383 g/mol. The van der Waals surface area contributed by atoms with E-state index in [9.17, 15) is 18.0 Å². The van der Waals surface area contributed by atoms with Crippen LogP contribution in [0, 0.1) is 6.92 Å². The highest BCUT2D eigenvalue weighted by Crippen LogP contribution is 2.29. The van der Waals surface area contributed by atoms with Crippen LogP contribution in [0.5, 0.6) is 0 Å². The molecule has 140 valence electrons. The summed E-state index contributed by atoms with van der Waals surface area (Å²) in [4.78, 5) is 20.0. The van der Waals surface area contributed by atoms with Gasteiger partial charge in [0, 0.05) is 28.8 Å². The van der Waals surface area contributed by atoms with Crippen LogP contribution >= 0.6 is 11.3 Å². The van der Waals surface area contributed by atoms with Gasteiger partial charge in [-0.05, 0) is 57.9 Å². The molecule has 1 aromatic carbocycles. The highest BCUT2D eigenvalue weighted by Gasteiger charge is 2.31. The van der Waals surface area contributed by atoms with Crippen molar-refractivity contribution in [3.63, 3.8) is 0 Å². The Hall–Kier alpha value is -2.09. The van der Waals surface area contributed by atoms with Crippen LogP contribution in [0.1, 0.15) is 37.1 Å². The Morgan fingerprint density at radius 3 is 2.27 bits per heavy atom. The lowest BCUT2D eigenvalue weighted by atomic mass is 10.2. The van der Waals surface area contributed by atoms with E-state index in [0.29, 0.717) is 10.5 Å². The van der Waals surface area contributed by atoms with E-state index < -0.39 is 11.7 Å². The molecule has 26 heavy (non-hydrogen) atoms. The van der Waals surface area contributed by atoms with Gasteiger partial charge in [0.05, 0.1) is 5.56 Å². The van der Waals surface area contributed by atoms with Gasteiger partial charge >= 0.3 is 12.2 Å². The number of likely N-dealkylation sites (tertiary alicyclic amines) is 1. The van der Waals surface area contributed by atoms with Crippen molar-refractivity contribution in [3.8, 4) is 5.69 Å². The van der Waals surface area contributed by atoms with E-state index in [1.807, 2.05) is 20.8 Å². The fourth-order valence-electron chi connectivity index (χ4n) is 3.24. The minimum atomic E-state index is -4.38. The van der Waals surface area contributed by atoms with Crippen LogP contribution in [0.3, 0.4) is 0 Å². The zero-order chi connectivity index (χ0) is 19.1. The average Bonchev–Trinajstić information content (AvgIpc) is 3.08. The van der Waals surface area contributed by atoms with E-state index in [1.54, 1.807) is 15.7 Å². The number of thiazole rings is 1. The van der Waals surface area contributed by atoms with Crippen LogP contribution in [0.2, 0.25) is 0 Å². The summed E-state index contributed by atoms with van der Waals surface area (Å²) in [5, 5.41) is 0. The van der Waals surface area contributed by atoms with Gasteiger partial charge in [0.25, 0.3) is 0 Å². The number of aromatic nitrogens is 1. The number of aryl methyl sites for hydroxylation is 1. The van der Waals surface area contributed by atoms with Crippen molar-refractivity contribution in [3.05, 3.63) is 45.7 Å². The number of hydrogen-bond donors (Lipinski definition) is 0. The van der Waals surface area contributed by atoms with Gasteiger partial charge in [0.2, 0.25) is 0 Å². The lowest BCUT2D eigenvalue weighted by molar-refractivity contribution is -0.137. The Morgan fingerprint density at radius 1 is 1.15 bits per heavy atom. The number of carbonyl (C=O) groups excluding carboxylic acids is 1. The van der Waals surface area contributed by atoms with Crippen LogP contribution in [-0.4, -0.2) is 27.6 Å². The molecule has 0 N–H and O–H groups in total. The molecule has 2 aromatic rings. The molecule has 0 bridgehead atoms. The van der Waals surface area contributed by atoms with Gasteiger partial charge < -0.3 is 4.90 Å². The van der Waals surface area contributed by atoms with E-state index in [1.165, 1.54) is 23.5 Å². The molecule has 0 spiro atoms. The van der Waals surface area contributed by atoms with Gasteiger partial charge in [-0.1, -0.05) is 0 Å². The molecule has 1 aliphatic heterocycles. The number of halogens is 3. The quantitative estimate of drug-likeness (QED) is 0.700. The van der Waals surface area contributed by atoms with E-state index in [-0.39, 0.29) is 18.1 Å². The number of alkyl halides is 3.